The molecule has 1 fully saturated rings. The van der Waals surface area contributed by atoms with Crippen molar-refractivity contribution in [3.05, 3.63) is 23.8 Å². The van der Waals surface area contributed by atoms with Crippen LogP contribution in [0.1, 0.15) is 32.3 Å². The first-order chi connectivity index (χ1) is 9.58. The number of β-amino-alcohol motifs (C(OH)–C–C–N with tert-alkyl or cyclic N) is 1. The number of piperidine rings is 1. The molecule has 0 saturated carbocycles. The first-order valence-corrected chi connectivity index (χ1v) is 7.32. The fourth-order valence-electron chi connectivity index (χ4n) is 2.59. The molecule has 2 rings (SSSR count). The third-order valence-corrected chi connectivity index (χ3v) is 3.48. The average Bonchev–Trinajstić information content (AvgIpc) is 2.40. The quantitative estimate of drug-likeness (QED) is 0.899. The van der Waals surface area contributed by atoms with Gasteiger partial charge in [-0.25, -0.2) is 0 Å². The zero-order valence-electron chi connectivity index (χ0n) is 12.6. The highest BCUT2D eigenvalue weighted by atomic mass is 16.5. The Morgan fingerprint density at radius 1 is 1.35 bits per heavy atom. The standard InChI is InChI=1S/C16H25NO3/c1-12(2)20-15-7-6-13(9-16(15)19-3)10-17-8-4-5-14(18)11-17/h6-7,9,12,14,18H,4-5,8,10-11H2,1-3H3. The molecular weight excluding hydrogens is 254 g/mol. The molecule has 0 aliphatic carbocycles. The minimum Gasteiger partial charge on any atom is -0.493 e. The van der Waals surface area contributed by atoms with E-state index in [0.717, 1.165) is 44.0 Å². The first kappa shape index (κ1) is 15.1. The van der Waals surface area contributed by atoms with Crippen LogP contribution in [0.5, 0.6) is 11.5 Å². The molecule has 0 radical (unpaired) electrons. The molecule has 1 atom stereocenters. The van der Waals surface area contributed by atoms with Gasteiger partial charge in [-0.1, -0.05) is 6.07 Å². The van der Waals surface area contributed by atoms with Gasteiger partial charge in [-0.15, -0.1) is 0 Å². The highest BCUT2D eigenvalue weighted by molar-refractivity contribution is 5.43. The van der Waals surface area contributed by atoms with E-state index in [2.05, 4.69) is 11.0 Å². The van der Waals surface area contributed by atoms with Gasteiger partial charge in [-0.3, -0.25) is 4.90 Å². The highest BCUT2D eigenvalue weighted by Gasteiger charge is 2.18. The van der Waals surface area contributed by atoms with Gasteiger partial charge in [0.15, 0.2) is 11.5 Å². The van der Waals surface area contributed by atoms with Crippen molar-refractivity contribution < 1.29 is 14.6 Å². The molecule has 1 heterocycles. The number of aliphatic hydroxyl groups excluding tert-OH is 1. The van der Waals surface area contributed by atoms with Crippen LogP contribution in [0.4, 0.5) is 0 Å². The fraction of sp³-hybridized carbons (Fsp3) is 0.625. The lowest BCUT2D eigenvalue weighted by molar-refractivity contribution is 0.0668. The van der Waals surface area contributed by atoms with Crippen molar-refractivity contribution in [3.63, 3.8) is 0 Å². The summed E-state index contributed by atoms with van der Waals surface area (Å²) in [6.45, 7) is 6.65. The SMILES string of the molecule is COc1cc(CN2CCCC(O)C2)ccc1OC(C)C. The van der Waals surface area contributed by atoms with Crippen LogP contribution >= 0.6 is 0 Å². The van der Waals surface area contributed by atoms with Crippen molar-refractivity contribution in [2.45, 2.75) is 45.4 Å². The van der Waals surface area contributed by atoms with Gasteiger partial charge in [0.1, 0.15) is 0 Å². The topological polar surface area (TPSA) is 41.9 Å². The molecule has 1 N–H and O–H groups in total. The van der Waals surface area contributed by atoms with E-state index in [1.54, 1.807) is 7.11 Å². The van der Waals surface area contributed by atoms with Gasteiger partial charge in [0.2, 0.25) is 0 Å². The summed E-state index contributed by atoms with van der Waals surface area (Å²) in [5.74, 6) is 1.55. The zero-order valence-corrected chi connectivity index (χ0v) is 12.6. The number of nitrogens with zero attached hydrogens (tertiary/aromatic N) is 1. The van der Waals surface area contributed by atoms with Gasteiger partial charge in [0, 0.05) is 13.1 Å². The van der Waals surface area contributed by atoms with Crippen LogP contribution in [-0.4, -0.2) is 42.4 Å². The molecule has 4 nitrogen and oxygen atoms in total. The van der Waals surface area contributed by atoms with E-state index < -0.39 is 0 Å². The van der Waals surface area contributed by atoms with E-state index in [1.165, 1.54) is 5.56 Å². The molecule has 1 aliphatic heterocycles. The molecule has 112 valence electrons. The monoisotopic (exact) mass is 279 g/mol. The van der Waals surface area contributed by atoms with Crippen molar-refractivity contribution in [1.29, 1.82) is 0 Å². The van der Waals surface area contributed by atoms with Gasteiger partial charge in [-0.05, 0) is 50.9 Å². The summed E-state index contributed by atoms with van der Waals surface area (Å²) in [7, 11) is 1.66. The number of methoxy groups -OCH3 is 1. The van der Waals surface area contributed by atoms with Gasteiger partial charge < -0.3 is 14.6 Å². The minimum absolute atomic E-state index is 0.131. The highest BCUT2D eigenvalue weighted by Crippen LogP contribution is 2.29. The molecule has 0 bridgehead atoms. The lowest BCUT2D eigenvalue weighted by Crippen LogP contribution is -2.37. The Labute approximate surface area is 121 Å². The summed E-state index contributed by atoms with van der Waals surface area (Å²) < 4.78 is 11.1. The Balaban J connectivity index is 2.05. The smallest absolute Gasteiger partial charge is 0.161 e. The molecule has 1 aromatic rings. The maximum absolute atomic E-state index is 9.72. The zero-order chi connectivity index (χ0) is 14.5. The molecule has 4 heteroatoms. The number of ether oxygens (including phenoxy) is 2. The van der Waals surface area contributed by atoms with E-state index in [0.29, 0.717) is 0 Å². The molecule has 1 aliphatic rings. The number of aliphatic hydroxyl groups is 1. The van der Waals surface area contributed by atoms with E-state index >= 15 is 0 Å². The minimum atomic E-state index is -0.186. The van der Waals surface area contributed by atoms with Crippen molar-refractivity contribution in [2.75, 3.05) is 20.2 Å². The summed E-state index contributed by atoms with van der Waals surface area (Å²) in [6.07, 6.45) is 1.93. The second kappa shape index (κ2) is 6.95. The Kier molecular flexibility index (Phi) is 5.26. The lowest BCUT2D eigenvalue weighted by atomic mass is 10.1. The predicted octanol–water partition coefficient (Wildman–Crippen LogP) is 2.44. The van der Waals surface area contributed by atoms with Gasteiger partial charge in [-0.2, -0.15) is 0 Å². The van der Waals surface area contributed by atoms with E-state index in [4.69, 9.17) is 9.47 Å². The van der Waals surface area contributed by atoms with Crippen LogP contribution in [0.15, 0.2) is 18.2 Å². The van der Waals surface area contributed by atoms with E-state index in [9.17, 15) is 5.11 Å². The number of likely N-dealkylation sites (tertiary alicyclic amines) is 1. The molecule has 20 heavy (non-hydrogen) atoms. The third kappa shape index (κ3) is 4.12. The fourth-order valence-corrected chi connectivity index (χ4v) is 2.59. The molecule has 1 aromatic carbocycles. The molecule has 1 unspecified atom stereocenters. The summed E-state index contributed by atoms with van der Waals surface area (Å²) in [5.41, 5.74) is 1.19. The number of rotatable bonds is 5. The van der Waals surface area contributed by atoms with Crippen LogP contribution in [0, 0.1) is 0 Å². The molecular formula is C16H25NO3. The van der Waals surface area contributed by atoms with E-state index in [1.807, 2.05) is 26.0 Å². The van der Waals surface area contributed by atoms with Crippen LogP contribution in [0.25, 0.3) is 0 Å². The van der Waals surface area contributed by atoms with Gasteiger partial charge >= 0.3 is 0 Å². The average molecular weight is 279 g/mol. The van der Waals surface area contributed by atoms with Crippen LogP contribution in [0.3, 0.4) is 0 Å². The molecule has 1 saturated heterocycles. The Hall–Kier alpha value is -1.26. The third-order valence-electron chi connectivity index (χ3n) is 3.48. The second-order valence-electron chi connectivity index (χ2n) is 5.68. The normalized spacial score (nSPS) is 20.1. The van der Waals surface area contributed by atoms with Crippen LogP contribution in [0.2, 0.25) is 0 Å². The summed E-state index contributed by atoms with van der Waals surface area (Å²) >= 11 is 0. The largest absolute Gasteiger partial charge is 0.493 e. The Morgan fingerprint density at radius 3 is 2.80 bits per heavy atom. The maximum atomic E-state index is 9.72. The lowest BCUT2D eigenvalue weighted by Gasteiger charge is -2.30. The number of hydrogen-bond donors (Lipinski definition) is 1. The van der Waals surface area contributed by atoms with Gasteiger partial charge in [0.05, 0.1) is 19.3 Å². The van der Waals surface area contributed by atoms with E-state index in [-0.39, 0.29) is 12.2 Å². The van der Waals surface area contributed by atoms with Gasteiger partial charge in [0.25, 0.3) is 0 Å². The first-order valence-electron chi connectivity index (χ1n) is 7.32. The second-order valence-corrected chi connectivity index (χ2v) is 5.68. The summed E-state index contributed by atoms with van der Waals surface area (Å²) in [4.78, 5) is 2.28. The van der Waals surface area contributed by atoms with Crippen LogP contribution < -0.4 is 9.47 Å². The van der Waals surface area contributed by atoms with Crippen molar-refractivity contribution >= 4 is 0 Å². The van der Waals surface area contributed by atoms with Crippen molar-refractivity contribution in [1.82, 2.24) is 4.90 Å². The van der Waals surface area contributed by atoms with Crippen LogP contribution in [-0.2, 0) is 6.54 Å². The Bertz CT molecular complexity index is 434. The summed E-state index contributed by atoms with van der Waals surface area (Å²) in [5, 5.41) is 9.72. The Morgan fingerprint density at radius 2 is 2.15 bits per heavy atom. The van der Waals surface area contributed by atoms with Crippen molar-refractivity contribution in [2.24, 2.45) is 0 Å². The predicted molar refractivity (Wildman–Crippen MR) is 79.3 cm³/mol. The number of benzene rings is 1. The van der Waals surface area contributed by atoms with Crippen molar-refractivity contribution in [3.8, 4) is 11.5 Å². The maximum Gasteiger partial charge on any atom is 0.161 e. The summed E-state index contributed by atoms with van der Waals surface area (Å²) in [6, 6.07) is 6.06. The molecule has 0 spiro atoms. The molecule has 0 amide bonds. The number of hydrogen-bond acceptors (Lipinski definition) is 4. The molecule has 0 aromatic heterocycles.